The lowest BCUT2D eigenvalue weighted by molar-refractivity contribution is -0.141. The molecule has 3 rings (SSSR count). The predicted molar refractivity (Wildman–Crippen MR) is 131 cm³/mol. The number of pyridine rings is 1. The molecule has 0 fully saturated rings. The molecule has 1 aromatic heterocycles. The van der Waals surface area contributed by atoms with Crippen molar-refractivity contribution in [1.82, 2.24) is 4.98 Å². The number of anilines is 1. The third kappa shape index (κ3) is 6.31. The van der Waals surface area contributed by atoms with Crippen molar-refractivity contribution in [3.05, 3.63) is 75.0 Å². The molecule has 0 radical (unpaired) electrons. The van der Waals surface area contributed by atoms with Gasteiger partial charge in [0.25, 0.3) is 5.91 Å². The summed E-state index contributed by atoms with van der Waals surface area (Å²) in [5, 5.41) is 18.7. The van der Waals surface area contributed by atoms with Crippen LogP contribution in [0.2, 0.25) is 10.0 Å². The highest BCUT2D eigenvalue weighted by atomic mass is 35.5. The van der Waals surface area contributed by atoms with Gasteiger partial charge in [-0.25, -0.2) is 0 Å². The Morgan fingerprint density at radius 1 is 1.16 bits per heavy atom. The van der Waals surface area contributed by atoms with Crippen molar-refractivity contribution in [3.63, 3.8) is 0 Å². The van der Waals surface area contributed by atoms with Gasteiger partial charge in [0.15, 0.2) is 0 Å². The lowest BCUT2D eigenvalue weighted by atomic mass is 9.99. The van der Waals surface area contributed by atoms with Crippen LogP contribution in [0.1, 0.15) is 33.6 Å². The summed E-state index contributed by atoms with van der Waals surface area (Å²) in [6.07, 6.45) is -4.13. The van der Waals surface area contributed by atoms with Gasteiger partial charge in [-0.05, 0) is 42.8 Å². The third-order valence-corrected chi connectivity index (χ3v) is 5.81. The van der Waals surface area contributed by atoms with Crippen LogP contribution < -0.4 is 9.64 Å². The first-order chi connectivity index (χ1) is 17.3. The number of amides is 1. The van der Waals surface area contributed by atoms with Crippen molar-refractivity contribution >= 4 is 40.8 Å². The number of benzene rings is 2. The molecule has 0 spiro atoms. The van der Waals surface area contributed by atoms with Crippen LogP contribution in [0.25, 0.3) is 11.1 Å². The van der Waals surface area contributed by atoms with E-state index in [9.17, 15) is 28.0 Å². The Morgan fingerprint density at radius 2 is 1.86 bits per heavy atom. The second-order valence-corrected chi connectivity index (χ2v) is 8.69. The van der Waals surface area contributed by atoms with E-state index in [1.165, 1.54) is 36.2 Å². The van der Waals surface area contributed by atoms with E-state index in [-0.39, 0.29) is 46.1 Å². The van der Waals surface area contributed by atoms with E-state index in [0.29, 0.717) is 22.3 Å². The number of ether oxygens (including phenoxy) is 1. The minimum Gasteiger partial charge on any atom is -0.491 e. The van der Waals surface area contributed by atoms with Gasteiger partial charge in [-0.1, -0.05) is 23.2 Å². The molecule has 7 nitrogen and oxygen atoms in total. The summed E-state index contributed by atoms with van der Waals surface area (Å²) in [5.74, 6) is -1.41. The predicted octanol–water partition coefficient (Wildman–Crippen LogP) is 6.38. The summed E-state index contributed by atoms with van der Waals surface area (Å²) in [6.45, 7) is 1.53. The number of hydrogen-bond donors (Lipinski definition) is 1. The summed E-state index contributed by atoms with van der Waals surface area (Å²) in [6, 6.07) is 9.54. The molecule has 1 amide bonds. The fourth-order valence-electron chi connectivity index (χ4n) is 3.57. The van der Waals surface area contributed by atoms with E-state index < -0.39 is 23.7 Å². The fraction of sp³-hybridized carbons (Fsp3) is 0.200. The number of carbonyl (C=O) groups excluding carboxylic acids is 1. The van der Waals surface area contributed by atoms with Crippen LogP contribution in [-0.4, -0.2) is 35.6 Å². The third-order valence-electron chi connectivity index (χ3n) is 5.26. The molecule has 0 unspecified atom stereocenters. The van der Waals surface area contributed by atoms with Gasteiger partial charge in [0.1, 0.15) is 11.4 Å². The second-order valence-electron chi connectivity index (χ2n) is 7.85. The average molecular weight is 552 g/mol. The zero-order chi connectivity index (χ0) is 27.5. The molecule has 37 heavy (non-hydrogen) atoms. The Bertz CT molecular complexity index is 1420. The molecule has 2 aromatic carbocycles. The van der Waals surface area contributed by atoms with Crippen molar-refractivity contribution in [2.75, 3.05) is 18.6 Å². The molecule has 0 saturated carbocycles. The van der Waals surface area contributed by atoms with Gasteiger partial charge in [-0.15, -0.1) is 0 Å². The van der Waals surface area contributed by atoms with Crippen LogP contribution in [0.3, 0.4) is 0 Å². The normalized spacial score (nSPS) is 11.1. The molecule has 0 atom stereocenters. The number of aryl methyl sites for hydroxylation is 1. The minimum absolute atomic E-state index is 0.0261. The Morgan fingerprint density at radius 3 is 2.49 bits per heavy atom. The minimum atomic E-state index is -4.74. The lowest BCUT2D eigenvalue weighted by Crippen LogP contribution is -2.27. The number of nitriles is 1. The number of carboxylic acid groups (broad SMARTS) is 1. The van der Waals surface area contributed by atoms with Gasteiger partial charge in [0, 0.05) is 46.0 Å². The monoisotopic (exact) mass is 551 g/mol. The molecular weight excluding hydrogens is 534 g/mol. The number of nitrogens with zero attached hydrogens (tertiary/aromatic N) is 3. The van der Waals surface area contributed by atoms with Gasteiger partial charge < -0.3 is 14.7 Å². The molecule has 1 heterocycles. The zero-order valence-electron chi connectivity index (χ0n) is 19.4. The topological polar surface area (TPSA) is 104 Å². The quantitative estimate of drug-likeness (QED) is 0.365. The highest BCUT2D eigenvalue weighted by molar-refractivity contribution is 6.33. The first kappa shape index (κ1) is 27.8. The average Bonchev–Trinajstić information content (AvgIpc) is 2.82. The summed E-state index contributed by atoms with van der Waals surface area (Å²) < 4.78 is 44.7. The van der Waals surface area contributed by atoms with Crippen LogP contribution in [0.15, 0.2) is 42.6 Å². The van der Waals surface area contributed by atoms with E-state index in [1.54, 1.807) is 19.1 Å². The smallest absolute Gasteiger partial charge is 0.433 e. The maximum Gasteiger partial charge on any atom is 0.433 e. The molecule has 0 saturated heterocycles. The summed E-state index contributed by atoms with van der Waals surface area (Å²) in [7, 11) is 1.47. The molecule has 192 valence electrons. The maximum absolute atomic E-state index is 13.4. The molecular formula is C25H18Cl2F3N3O4. The van der Waals surface area contributed by atoms with Crippen molar-refractivity contribution < 1.29 is 32.6 Å². The van der Waals surface area contributed by atoms with Crippen molar-refractivity contribution in [2.24, 2.45) is 0 Å². The van der Waals surface area contributed by atoms with E-state index in [0.717, 1.165) is 6.20 Å². The molecule has 0 aliphatic heterocycles. The largest absolute Gasteiger partial charge is 0.491 e. The van der Waals surface area contributed by atoms with E-state index >= 15 is 0 Å². The van der Waals surface area contributed by atoms with Crippen molar-refractivity contribution in [3.8, 4) is 22.9 Å². The highest BCUT2D eigenvalue weighted by Gasteiger charge is 2.33. The van der Waals surface area contributed by atoms with Crippen LogP contribution in [0.5, 0.6) is 5.75 Å². The van der Waals surface area contributed by atoms with E-state index in [1.807, 2.05) is 0 Å². The maximum atomic E-state index is 13.4. The van der Waals surface area contributed by atoms with Crippen molar-refractivity contribution in [2.45, 2.75) is 19.5 Å². The molecule has 0 aliphatic rings. The van der Waals surface area contributed by atoms with Crippen molar-refractivity contribution in [1.29, 1.82) is 5.26 Å². The standard InChI is InChI=1S/C25H18Cl2F3N3O4/c1-13-7-16(26)10-20(37-6-5-22(34)35)23(13)33(2)24(36)14-3-4-19(27)17(8-14)18-12-32-21(25(28,29)30)9-15(18)11-31/h3-4,7-10,12H,5-6H2,1-2H3,(H,34,35). The second kappa shape index (κ2) is 11.1. The first-order valence-electron chi connectivity index (χ1n) is 10.5. The van der Waals surface area contributed by atoms with Crippen LogP contribution in [0.4, 0.5) is 18.9 Å². The molecule has 0 bridgehead atoms. The number of aliphatic carboxylic acids is 1. The molecule has 3 aromatic rings. The van der Waals surface area contributed by atoms with Gasteiger partial charge in [0.05, 0.1) is 30.3 Å². The Labute approximate surface area is 219 Å². The number of carboxylic acids is 1. The number of aromatic nitrogens is 1. The highest BCUT2D eigenvalue weighted by Crippen LogP contribution is 2.37. The molecule has 1 N–H and O–H groups in total. The van der Waals surface area contributed by atoms with Crippen LogP contribution >= 0.6 is 23.2 Å². The van der Waals surface area contributed by atoms with Crippen LogP contribution in [0, 0.1) is 18.3 Å². The number of hydrogen-bond acceptors (Lipinski definition) is 5. The van der Waals surface area contributed by atoms with E-state index in [4.69, 9.17) is 33.0 Å². The summed E-state index contributed by atoms with van der Waals surface area (Å²) >= 11 is 12.4. The molecule has 0 aliphatic carbocycles. The lowest BCUT2D eigenvalue weighted by Gasteiger charge is -2.23. The van der Waals surface area contributed by atoms with Gasteiger partial charge in [0.2, 0.25) is 0 Å². The Kier molecular flexibility index (Phi) is 8.31. The number of halogens is 5. The number of alkyl halides is 3. The SMILES string of the molecule is Cc1cc(Cl)cc(OCCC(=O)O)c1N(C)C(=O)c1ccc(Cl)c(-c2cnc(C(F)(F)F)cc2C#N)c1. The van der Waals surface area contributed by atoms with Gasteiger partial charge in [-0.3, -0.25) is 14.6 Å². The number of rotatable bonds is 7. The van der Waals surface area contributed by atoms with Crippen LogP contribution in [-0.2, 0) is 11.0 Å². The number of carbonyl (C=O) groups is 2. The summed E-state index contributed by atoms with van der Waals surface area (Å²) in [4.78, 5) is 29.0. The van der Waals surface area contributed by atoms with E-state index in [2.05, 4.69) is 4.98 Å². The molecule has 12 heteroatoms. The van der Waals surface area contributed by atoms with Gasteiger partial charge in [-0.2, -0.15) is 18.4 Å². The fourth-order valence-corrected chi connectivity index (χ4v) is 4.05. The first-order valence-corrected chi connectivity index (χ1v) is 11.3. The summed E-state index contributed by atoms with van der Waals surface area (Å²) in [5.41, 5.74) is -0.361. The Hall–Kier alpha value is -3.81. The Balaban J connectivity index is 2.02. The van der Waals surface area contributed by atoms with Gasteiger partial charge >= 0.3 is 12.1 Å². The zero-order valence-corrected chi connectivity index (χ0v) is 20.9.